The molecule has 2 aromatic rings. The van der Waals surface area contributed by atoms with Crippen LogP contribution in [0.25, 0.3) is 0 Å². The molecule has 0 aliphatic carbocycles. The number of esters is 2. The van der Waals surface area contributed by atoms with E-state index >= 15 is 0 Å². The number of carbonyl (C=O) groups is 4. The summed E-state index contributed by atoms with van der Waals surface area (Å²) in [5, 5.41) is 5.05. The molecule has 0 spiro atoms. The number of ether oxygens (including phenoxy) is 2. The molecule has 0 saturated carbocycles. The van der Waals surface area contributed by atoms with Crippen molar-refractivity contribution in [1.29, 1.82) is 0 Å². The minimum absolute atomic E-state index is 0.0618. The molecule has 2 unspecified atom stereocenters. The summed E-state index contributed by atoms with van der Waals surface area (Å²) >= 11 is 0. The van der Waals surface area contributed by atoms with Crippen molar-refractivity contribution in [2.45, 2.75) is 31.1 Å². The second kappa shape index (κ2) is 9.35. The molecule has 0 aromatic heterocycles. The van der Waals surface area contributed by atoms with Crippen LogP contribution in [0.3, 0.4) is 0 Å². The molecule has 0 saturated heterocycles. The Bertz CT molecular complexity index is 1050. The average molecular weight is 458 g/mol. The average Bonchev–Trinajstić information content (AvgIpc) is 2.76. The summed E-state index contributed by atoms with van der Waals surface area (Å²) < 4.78 is 37.3. The summed E-state index contributed by atoms with van der Waals surface area (Å²) in [6.07, 6.45) is -0.0335. The smallest absolute Gasteiger partial charge is 0.314 e. The number of rotatable bonds is 6. The van der Waals surface area contributed by atoms with Crippen LogP contribution in [0.5, 0.6) is 0 Å². The zero-order chi connectivity index (χ0) is 23.5. The van der Waals surface area contributed by atoms with Gasteiger partial charge in [0.25, 0.3) is 0 Å². The van der Waals surface area contributed by atoms with Gasteiger partial charge in [0.2, 0.25) is 11.8 Å². The molecule has 2 N–H and O–H groups in total. The van der Waals surface area contributed by atoms with E-state index in [1.54, 1.807) is 0 Å². The van der Waals surface area contributed by atoms with Crippen molar-refractivity contribution in [3.63, 3.8) is 0 Å². The molecule has 172 valence electrons. The van der Waals surface area contributed by atoms with Gasteiger partial charge in [-0.25, -0.2) is 8.78 Å². The SMILES string of the molecule is O=C1CC(C(=O)OCCCOC(=O)C2CC(=O)Nc3cc(F)ccc32)c2ccc(F)cc2N1. The minimum atomic E-state index is -0.852. The molecule has 0 radical (unpaired) electrons. The van der Waals surface area contributed by atoms with Gasteiger partial charge in [0.05, 0.1) is 25.0 Å². The van der Waals surface area contributed by atoms with Crippen molar-refractivity contribution in [1.82, 2.24) is 0 Å². The molecular formula is C23H20F2N2O6. The van der Waals surface area contributed by atoms with Crippen molar-refractivity contribution in [3.05, 3.63) is 59.2 Å². The molecule has 2 atom stereocenters. The Morgan fingerprint density at radius 3 is 1.64 bits per heavy atom. The van der Waals surface area contributed by atoms with E-state index in [9.17, 15) is 28.0 Å². The monoisotopic (exact) mass is 458 g/mol. The standard InChI is InChI=1S/C23H20F2N2O6/c24-12-2-4-14-16(10-20(28)26-18(14)8-12)22(30)32-6-1-7-33-23(31)17-11-21(29)27-19-9-13(25)3-5-15(17)19/h2-5,8-9,16-17H,1,6-7,10-11H2,(H,26,28)(H,27,29). The third-order valence-corrected chi connectivity index (χ3v) is 5.46. The fraction of sp³-hybridized carbons (Fsp3) is 0.304. The van der Waals surface area contributed by atoms with Gasteiger partial charge >= 0.3 is 11.9 Å². The van der Waals surface area contributed by atoms with Crippen LogP contribution in [-0.2, 0) is 28.7 Å². The normalized spacial score (nSPS) is 19.0. The van der Waals surface area contributed by atoms with Crippen molar-refractivity contribution in [2.75, 3.05) is 23.8 Å². The van der Waals surface area contributed by atoms with Crippen LogP contribution in [0, 0.1) is 11.6 Å². The summed E-state index contributed by atoms with van der Waals surface area (Å²) in [5.41, 5.74) is 1.41. The molecule has 8 nitrogen and oxygen atoms in total. The first-order valence-corrected chi connectivity index (χ1v) is 10.3. The number of anilines is 2. The third-order valence-electron chi connectivity index (χ3n) is 5.46. The lowest BCUT2D eigenvalue weighted by Crippen LogP contribution is -2.29. The van der Waals surface area contributed by atoms with Gasteiger partial charge in [-0.3, -0.25) is 19.2 Å². The van der Waals surface area contributed by atoms with E-state index in [0.717, 1.165) is 12.1 Å². The topological polar surface area (TPSA) is 111 Å². The van der Waals surface area contributed by atoms with E-state index in [-0.39, 0.29) is 43.9 Å². The quantitative estimate of drug-likeness (QED) is 0.509. The van der Waals surface area contributed by atoms with Gasteiger partial charge in [-0.1, -0.05) is 12.1 Å². The number of amides is 2. The van der Waals surface area contributed by atoms with Gasteiger partial charge in [-0.05, 0) is 35.4 Å². The van der Waals surface area contributed by atoms with Crippen LogP contribution in [0.2, 0.25) is 0 Å². The van der Waals surface area contributed by atoms with Crippen LogP contribution in [0.1, 0.15) is 42.2 Å². The van der Waals surface area contributed by atoms with Crippen molar-refractivity contribution in [3.8, 4) is 0 Å². The second-order valence-electron chi connectivity index (χ2n) is 7.76. The Kier molecular flexibility index (Phi) is 6.34. The Labute approximate surface area is 187 Å². The van der Waals surface area contributed by atoms with Crippen LogP contribution in [0.4, 0.5) is 20.2 Å². The minimum Gasteiger partial charge on any atom is -0.465 e. The largest absolute Gasteiger partial charge is 0.465 e. The summed E-state index contributed by atoms with van der Waals surface area (Å²) in [4.78, 5) is 48.6. The molecule has 2 aliphatic heterocycles. The predicted octanol–water partition coefficient (Wildman–Crippen LogP) is 2.99. The van der Waals surface area contributed by atoms with Crippen LogP contribution in [0.15, 0.2) is 36.4 Å². The summed E-state index contributed by atoms with van der Waals surface area (Å²) in [7, 11) is 0. The van der Waals surface area contributed by atoms with E-state index in [1.165, 1.54) is 24.3 Å². The first-order valence-electron chi connectivity index (χ1n) is 10.3. The Morgan fingerprint density at radius 1 is 0.788 bits per heavy atom. The zero-order valence-electron chi connectivity index (χ0n) is 17.4. The van der Waals surface area contributed by atoms with E-state index in [0.29, 0.717) is 11.1 Å². The number of fused-ring (bicyclic) bond motifs is 2. The van der Waals surface area contributed by atoms with Crippen molar-refractivity contribution in [2.24, 2.45) is 0 Å². The Hall–Kier alpha value is -3.82. The predicted molar refractivity (Wildman–Crippen MR) is 111 cm³/mol. The lowest BCUT2D eigenvalue weighted by molar-refractivity contribution is -0.149. The molecule has 2 aliphatic rings. The van der Waals surface area contributed by atoms with Crippen molar-refractivity contribution < 1.29 is 37.4 Å². The third kappa shape index (κ3) is 5.00. The van der Waals surface area contributed by atoms with E-state index < -0.39 is 47.2 Å². The number of hydrogen-bond donors (Lipinski definition) is 2. The van der Waals surface area contributed by atoms with Gasteiger partial charge in [0.1, 0.15) is 11.6 Å². The molecule has 0 fully saturated rings. The maximum atomic E-state index is 13.4. The first-order chi connectivity index (χ1) is 15.8. The number of benzene rings is 2. The maximum Gasteiger partial charge on any atom is 0.314 e. The number of carbonyl (C=O) groups excluding carboxylic acids is 4. The molecule has 2 aromatic carbocycles. The fourth-order valence-corrected chi connectivity index (χ4v) is 3.90. The molecule has 2 heterocycles. The number of hydrogen-bond acceptors (Lipinski definition) is 6. The van der Waals surface area contributed by atoms with Crippen LogP contribution < -0.4 is 10.6 Å². The number of halogens is 2. The fourth-order valence-electron chi connectivity index (χ4n) is 3.90. The Balaban J connectivity index is 1.28. The van der Waals surface area contributed by atoms with E-state index in [4.69, 9.17) is 9.47 Å². The van der Waals surface area contributed by atoms with Gasteiger partial charge in [0.15, 0.2) is 0 Å². The summed E-state index contributed by atoms with van der Waals surface area (Å²) in [6, 6.07) is 7.56. The maximum absolute atomic E-state index is 13.4. The highest BCUT2D eigenvalue weighted by Crippen LogP contribution is 2.34. The van der Waals surface area contributed by atoms with Crippen LogP contribution >= 0.6 is 0 Å². The molecule has 0 bridgehead atoms. The molecule has 2 amide bonds. The van der Waals surface area contributed by atoms with Gasteiger partial charge in [-0.2, -0.15) is 0 Å². The highest BCUT2D eigenvalue weighted by molar-refractivity contribution is 6.00. The van der Waals surface area contributed by atoms with Crippen molar-refractivity contribution >= 4 is 35.1 Å². The summed E-state index contributed by atoms with van der Waals surface area (Å²) in [6.45, 7) is -0.124. The van der Waals surface area contributed by atoms with E-state index in [2.05, 4.69) is 10.6 Å². The molecule has 10 heteroatoms. The Morgan fingerprint density at radius 2 is 1.21 bits per heavy atom. The lowest BCUT2D eigenvalue weighted by Gasteiger charge is -2.24. The van der Waals surface area contributed by atoms with Gasteiger partial charge in [-0.15, -0.1) is 0 Å². The number of nitrogens with one attached hydrogen (secondary N) is 2. The van der Waals surface area contributed by atoms with Crippen LogP contribution in [-0.4, -0.2) is 37.0 Å². The molecule has 33 heavy (non-hydrogen) atoms. The highest BCUT2D eigenvalue weighted by atomic mass is 19.1. The molecular weight excluding hydrogens is 438 g/mol. The zero-order valence-corrected chi connectivity index (χ0v) is 17.4. The lowest BCUT2D eigenvalue weighted by atomic mass is 9.90. The van der Waals surface area contributed by atoms with Gasteiger partial charge < -0.3 is 20.1 Å². The van der Waals surface area contributed by atoms with Gasteiger partial charge in [0, 0.05) is 30.6 Å². The second-order valence-corrected chi connectivity index (χ2v) is 7.76. The summed E-state index contributed by atoms with van der Waals surface area (Å²) in [5.74, 6) is -4.88. The van der Waals surface area contributed by atoms with E-state index in [1.807, 2.05) is 0 Å². The highest BCUT2D eigenvalue weighted by Gasteiger charge is 2.33. The first kappa shape index (κ1) is 22.4. The molecule has 4 rings (SSSR count).